The van der Waals surface area contributed by atoms with Gasteiger partial charge in [0.1, 0.15) is 5.82 Å². The molecule has 0 aliphatic heterocycles. The predicted molar refractivity (Wildman–Crippen MR) is 66.2 cm³/mol. The summed E-state index contributed by atoms with van der Waals surface area (Å²) in [6, 6.07) is 7.33. The maximum Gasteiger partial charge on any atom is 0.126 e. The van der Waals surface area contributed by atoms with Crippen LogP contribution < -0.4 is 5.73 Å². The van der Waals surface area contributed by atoms with E-state index in [0.29, 0.717) is 12.2 Å². The highest BCUT2D eigenvalue weighted by Crippen LogP contribution is 2.25. The van der Waals surface area contributed by atoms with Crippen molar-refractivity contribution in [2.45, 2.75) is 18.9 Å². The Morgan fingerprint density at radius 3 is 2.71 bits per heavy atom. The van der Waals surface area contributed by atoms with Crippen LogP contribution in [0.5, 0.6) is 0 Å². The number of anilines is 1. The zero-order valence-corrected chi connectivity index (χ0v) is 9.67. The second-order valence-electron chi connectivity index (χ2n) is 4.24. The van der Waals surface area contributed by atoms with Gasteiger partial charge in [-0.1, -0.05) is 12.1 Å². The number of nitrogens with zero attached hydrogens (tertiary/aromatic N) is 2. The first-order valence-corrected chi connectivity index (χ1v) is 5.42. The third kappa shape index (κ3) is 2.60. The van der Waals surface area contributed by atoms with Crippen LogP contribution in [0.25, 0.3) is 0 Å². The van der Waals surface area contributed by atoms with E-state index in [4.69, 9.17) is 5.73 Å². The second kappa shape index (κ2) is 4.51. The third-order valence-electron chi connectivity index (χ3n) is 2.74. The maximum atomic E-state index is 10.4. The Bertz CT molecular complexity index is 497. The van der Waals surface area contributed by atoms with Gasteiger partial charge in [-0.3, -0.25) is 4.98 Å². The number of aromatic nitrogens is 2. The molecule has 2 heterocycles. The minimum absolute atomic E-state index is 0.415. The van der Waals surface area contributed by atoms with E-state index in [1.807, 2.05) is 18.2 Å². The molecule has 1 unspecified atom stereocenters. The molecule has 3 N–H and O–H groups in total. The molecule has 4 nitrogen and oxygen atoms in total. The molecule has 0 bridgehead atoms. The van der Waals surface area contributed by atoms with Gasteiger partial charge in [0.15, 0.2) is 0 Å². The molecule has 2 aromatic heterocycles. The first-order chi connectivity index (χ1) is 8.09. The monoisotopic (exact) mass is 229 g/mol. The van der Waals surface area contributed by atoms with Crippen LogP contribution in [0, 0.1) is 0 Å². The smallest absolute Gasteiger partial charge is 0.126 e. The molecule has 88 valence electrons. The van der Waals surface area contributed by atoms with Crippen LogP contribution in [-0.2, 0) is 12.0 Å². The zero-order valence-electron chi connectivity index (χ0n) is 9.67. The van der Waals surface area contributed by atoms with Crippen molar-refractivity contribution in [3.63, 3.8) is 0 Å². The van der Waals surface area contributed by atoms with E-state index >= 15 is 0 Å². The number of pyridine rings is 2. The Labute approximate surface area is 100 Å². The number of rotatable bonds is 3. The van der Waals surface area contributed by atoms with Crippen LogP contribution in [-0.4, -0.2) is 15.1 Å². The minimum Gasteiger partial charge on any atom is -0.385 e. The first-order valence-electron chi connectivity index (χ1n) is 5.42. The van der Waals surface area contributed by atoms with Gasteiger partial charge >= 0.3 is 0 Å². The Kier molecular flexibility index (Phi) is 3.06. The molecule has 2 rings (SSSR count). The Balaban J connectivity index is 2.27. The van der Waals surface area contributed by atoms with Crippen LogP contribution in [0.3, 0.4) is 0 Å². The van der Waals surface area contributed by atoms with Gasteiger partial charge in [-0.15, -0.1) is 0 Å². The third-order valence-corrected chi connectivity index (χ3v) is 2.74. The Morgan fingerprint density at radius 2 is 2.06 bits per heavy atom. The zero-order chi connectivity index (χ0) is 12.3. The van der Waals surface area contributed by atoms with Crippen LogP contribution in [0.4, 0.5) is 5.82 Å². The summed E-state index contributed by atoms with van der Waals surface area (Å²) < 4.78 is 0. The second-order valence-corrected chi connectivity index (χ2v) is 4.24. The van der Waals surface area contributed by atoms with Crippen molar-refractivity contribution in [1.82, 2.24) is 9.97 Å². The predicted octanol–water partition coefficient (Wildman–Crippen LogP) is 1.51. The van der Waals surface area contributed by atoms with Gasteiger partial charge in [0.25, 0.3) is 0 Å². The summed E-state index contributed by atoms with van der Waals surface area (Å²) in [4.78, 5) is 8.02. The first kappa shape index (κ1) is 11.5. The number of nitrogens with two attached hydrogens (primary N) is 1. The molecule has 0 aromatic carbocycles. The molecule has 0 fully saturated rings. The standard InChI is InChI=1S/C13H15N3O/c1-13(17,11-5-3-6-15-9-11)8-10-4-2-7-16-12(10)14/h2-7,9,17H,8H2,1H3,(H2,14,16). The van der Waals surface area contributed by atoms with Crippen molar-refractivity contribution in [3.8, 4) is 0 Å². The molecule has 4 heteroatoms. The van der Waals surface area contributed by atoms with Crippen LogP contribution in [0.15, 0.2) is 42.9 Å². The minimum atomic E-state index is -0.995. The fourth-order valence-electron chi connectivity index (χ4n) is 1.75. The van der Waals surface area contributed by atoms with Crippen LogP contribution in [0.2, 0.25) is 0 Å². The van der Waals surface area contributed by atoms with E-state index in [1.165, 1.54) is 0 Å². The van der Waals surface area contributed by atoms with Crippen molar-refractivity contribution >= 4 is 5.82 Å². The number of hydrogen-bond acceptors (Lipinski definition) is 4. The SMILES string of the molecule is CC(O)(Cc1cccnc1N)c1cccnc1. The summed E-state index contributed by atoms with van der Waals surface area (Å²) >= 11 is 0. The molecule has 2 aromatic rings. The number of aliphatic hydroxyl groups is 1. The van der Waals surface area contributed by atoms with E-state index < -0.39 is 5.60 Å². The number of nitrogen functional groups attached to an aromatic ring is 1. The van der Waals surface area contributed by atoms with E-state index in [-0.39, 0.29) is 0 Å². The summed E-state index contributed by atoms with van der Waals surface area (Å²) in [7, 11) is 0. The average molecular weight is 229 g/mol. The molecule has 0 aliphatic rings. The largest absolute Gasteiger partial charge is 0.385 e. The lowest BCUT2D eigenvalue weighted by Crippen LogP contribution is -2.25. The van der Waals surface area contributed by atoms with Gasteiger partial charge in [0.05, 0.1) is 5.60 Å². The molecule has 0 spiro atoms. The molecule has 1 atom stereocenters. The Morgan fingerprint density at radius 1 is 1.29 bits per heavy atom. The van der Waals surface area contributed by atoms with Crippen molar-refractivity contribution in [3.05, 3.63) is 54.0 Å². The van der Waals surface area contributed by atoms with Gasteiger partial charge < -0.3 is 10.8 Å². The molecule has 0 saturated carbocycles. The highest BCUT2D eigenvalue weighted by Gasteiger charge is 2.24. The molecule has 17 heavy (non-hydrogen) atoms. The summed E-state index contributed by atoms with van der Waals surface area (Å²) in [5.74, 6) is 0.455. The van der Waals surface area contributed by atoms with Crippen LogP contribution >= 0.6 is 0 Å². The highest BCUT2D eigenvalue weighted by molar-refractivity contribution is 5.40. The van der Waals surface area contributed by atoms with Crippen molar-refractivity contribution in [1.29, 1.82) is 0 Å². The summed E-state index contributed by atoms with van der Waals surface area (Å²) in [6.07, 6.45) is 5.39. The summed E-state index contributed by atoms with van der Waals surface area (Å²) in [5, 5.41) is 10.4. The van der Waals surface area contributed by atoms with Gasteiger partial charge in [0.2, 0.25) is 0 Å². The van der Waals surface area contributed by atoms with Gasteiger partial charge in [0, 0.05) is 30.6 Å². The van der Waals surface area contributed by atoms with Crippen molar-refractivity contribution in [2.75, 3.05) is 5.73 Å². The molecule has 0 saturated heterocycles. The van der Waals surface area contributed by atoms with Gasteiger partial charge in [-0.05, 0) is 24.6 Å². The molecular formula is C13H15N3O. The fourth-order valence-corrected chi connectivity index (χ4v) is 1.75. The lowest BCUT2D eigenvalue weighted by atomic mass is 9.90. The van der Waals surface area contributed by atoms with E-state index in [2.05, 4.69) is 9.97 Å². The molecule has 0 amide bonds. The van der Waals surface area contributed by atoms with Gasteiger partial charge in [-0.2, -0.15) is 0 Å². The fraction of sp³-hybridized carbons (Fsp3) is 0.231. The molecule has 0 aliphatic carbocycles. The van der Waals surface area contributed by atoms with Crippen molar-refractivity contribution < 1.29 is 5.11 Å². The molecule has 0 radical (unpaired) electrons. The maximum absolute atomic E-state index is 10.4. The van der Waals surface area contributed by atoms with Gasteiger partial charge in [-0.25, -0.2) is 4.98 Å². The summed E-state index contributed by atoms with van der Waals surface area (Å²) in [6.45, 7) is 1.75. The van der Waals surface area contributed by atoms with E-state index in [1.54, 1.807) is 31.6 Å². The quantitative estimate of drug-likeness (QED) is 0.836. The van der Waals surface area contributed by atoms with Crippen LogP contribution in [0.1, 0.15) is 18.1 Å². The van der Waals surface area contributed by atoms with E-state index in [9.17, 15) is 5.11 Å². The normalized spacial score (nSPS) is 14.2. The highest BCUT2D eigenvalue weighted by atomic mass is 16.3. The summed E-state index contributed by atoms with van der Waals surface area (Å²) in [5.41, 5.74) is 6.37. The lowest BCUT2D eigenvalue weighted by molar-refractivity contribution is 0.0573. The average Bonchev–Trinajstić information content (AvgIpc) is 2.33. The topological polar surface area (TPSA) is 72.0 Å². The lowest BCUT2D eigenvalue weighted by Gasteiger charge is -2.23. The Hall–Kier alpha value is -1.94. The van der Waals surface area contributed by atoms with E-state index in [0.717, 1.165) is 11.1 Å². The van der Waals surface area contributed by atoms with Crippen molar-refractivity contribution in [2.24, 2.45) is 0 Å². The molecular weight excluding hydrogens is 214 g/mol. The number of hydrogen-bond donors (Lipinski definition) is 2.